The number of amides is 1. The number of rotatable bonds is 5. The first-order chi connectivity index (χ1) is 9.40. The summed E-state index contributed by atoms with van der Waals surface area (Å²) in [6, 6.07) is 3.46. The summed E-state index contributed by atoms with van der Waals surface area (Å²) in [5.41, 5.74) is -0.837. The summed E-state index contributed by atoms with van der Waals surface area (Å²) in [5.74, 6) is -1.65. The monoisotopic (exact) mass is 281 g/mol. The molecule has 0 aliphatic heterocycles. The van der Waals surface area contributed by atoms with E-state index in [0.717, 1.165) is 0 Å². The lowest BCUT2D eigenvalue weighted by Gasteiger charge is -2.19. The summed E-state index contributed by atoms with van der Waals surface area (Å²) in [4.78, 5) is 23.1. The summed E-state index contributed by atoms with van der Waals surface area (Å²) in [7, 11) is 1.45. The van der Waals surface area contributed by atoms with Crippen molar-refractivity contribution in [3.05, 3.63) is 29.6 Å². The SMILES string of the molecule is COc1ccc(F)cc1[C@@H](C)NC(=O)C1(C(=O)O)CC1. The molecular formula is C14H16FNO4. The van der Waals surface area contributed by atoms with Crippen LogP contribution in [0.1, 0.15) is 31.4 Å². The van der Waals surface area contributed by atoms with Gasteiger partial charge in [-0.3, -0.25) is 9.59 Å². The Hall–Kier alpha value is -2.11. The molecular weight excluding hydrogens is 265 g/mol. The average molecular weight is 281 g/mol. The maximum atomic E-state index is 13.3. The molecule has 6 heteroatoms. The number of carboxylic acid groups (broad SMARTS) is 1. The van der Waals surface area contributed by atoms with Gasteiger partial charge in [0.05, 0.1) is 13.2 Å². The second-order valence-electron chi connectivity index (χ2n) is 4.97. The predicted molar refractivity (Wildman–Crippen MR) is 68.8 cm³/mol. The number of hydrogen-bond donors (Lipinski definition) is 2. The zero-order valence-corrected chi connectivity index (χ0v) is 11.3. The smallest absolute Gasteiger partial charge is 0.319 e. The lowest BCUT2D eigenvalue weighted by atomic mass is 10.0. The van der Waals surface area contributed by atoms with Crippen molar-refractivity contribution in [2.75, 3.05) is 7.11 Å². The number of halogens is 1. The van der Waals surface area contributed by atoms with E-state index in [4.69, 9.17) is 9.84 Å². The van der Waals surface area contributed by atoms with Gasteiger partial charge in [0.1, 0.15) is 17.0 Å². The van der Waals surface area contributed by atoms with E-state index < -0.39 is 29.2 Å². The lowest BCUT2D eigenvalue weighted by molar-refractivity contribution is -0.149. The van der Waals surface area contributed by atoms with Crippen LogP contribution in [0.2, 0.25) is 0 Å². The Morgan fingerprint density at radius 1 is 1.45 bits per heavy atom. The fraction of sp³-hybridized carbons (Fsp3) is 0.429. The quantitative estimate of drug-likeness (QED) is 0.808. The van der Waals surface area contributed by atoms with Crippen molar-refractivity contribution in [3.63, 3.8) is 0 Å². The molecule has 0 saturated heterocycles. The highest BCUT2D eigenvalue weighted by molar-refractivity contribution is 6.04. The normalized spacial score (nSPS) is 17.1. The van der Waals surface area contributed by atoms with E-state index in [1.54, 1.807) is 6.92 Å². The van der Waals surface area contributed by atoms with Gasteiger partial charge >= 0.3 is 5.97 Å². The minimum Gasteiger partial charge on any atom is -0.496 e. The fourth-order valence-electron chi connectivity index (χ4n) is 2.12. The number of nitrogens with one attached hydrogen (secondary N) is 1. The number of ether oxygens (including phenoxy) is 1. The predicted octanol–water partition coefficient (Wildman–Crippen LogP) is 1.88. The van der Waals surface area contributed by atoms with Crippen LogP contribution in [0.5, 0.6) is 5.75 Å². The second-order valence-corrected chi connectivity index (χ2v) is 4.97. The molecule has 1 aliphatic rings. The van der Waals surface area contributed by atoms with E-state index >= 15 is 0 Å². The third-order valence-electron chi connectivity index (χ3n) is 3.60. The minimum atomic E-state index is -1.31. The van der Waals surface area contributed by atoms with Gasteiger partial charge in [0.25, 0.3) is 0 Å². The van der Waals surface area contributed by atoms with Gasteiger partial charge in [0.2, 0.25) is 5.91 Å². The van der Waals surface area contributed by atoms with Gasteiger partial charge in [-0.15, -0.1) is 0 Å². The third kappa shape index (κ3) is 2.45. The highest BCUT2D eigenvalue weighted by Crippen LogP contribution is 2.46. The first-order valence-electron chi connectivity index (χ1n) is 6.28. The third-order valence-corrected chi connectivity index (χ3v) is 3.60. The fourth-order valence-corrected chi connectivity index (χ4v) is 2.12. The number of aliphatic carboxylic acids is 1. The molecule has 1 atom stereocenters. The molecule has 1 aromatic carbocycles. The number of benzene rings is 1. The van der Waals surface area contributed by atoms with Crippen molar-refractivity contribution in [1.29, 1.82) is 0 Å². The Bertz CT molecular complexity index is 554. The van der Waals surface area contributed by atoms with Crippen LogP contribution in [0.4, 0.5) is 4.39 Å². The molecule has 1 fully saturated rings. The molecule has 0 radical (unpaired) electrons. The van der Waals surface area contributed by atoms with Gasteiger partial charge in [-0.25, -0.2) is 4.39 Å². The van der Waals surface area contributed by atoms with Crippen LogP contribution >= 0.6 is 0 Å². The molecule has 1 aliphatic carbocycles. The molecule has 20 heavy (non-hydrogen) atoms. The Kier molecular flexibility index (Phi) is 3.65. The highest BCUT2D eigenvalue weighted by atomic mass is 19.1. The van der Waals surface area contributed by atoms with Crippen molar-refractivity contribution in [3.8, 4) is 5.75 Å². The summed E-state index contributed by atoms with van der Waals surface area (Å²) in [6.45, 7) is 1.66. The van der Waals surface area contributed by atoms with Gasteiger partial charge in [0, 0.05) is 5.56 Å². The highest BCUT2D eigenvalue weighted by Gasteiger charge is 2.57. The van der Waals surface area contributed by atoms with Crippen molar-refractivity contribution in [2.45, 2.75) is 25.8 Å². The van der Waals surface area contributed by atoms with Crippen LogP contribution in [0, 0.1) is 11.2 Å². The van der Waals surface area contributed by atoms with Crippen LogP contribution in [-0.4, -0.2) is 24.1 Å². The van der Waals surface area contributed by atoms with Crippen LogP contribution in [-0.2, 0) is 9.59 Å². The maximum Gasteiger partial charge on any atom is 0.319 e. The van der Waals surface area contributed by atoms with Gasteiger partial charge in [-0.05, 0) is 38.0 Å². The van der Waals surface area contributed by atoms with Crippen molar-refractivity contribution in [1.82, 2.24) is 5.32 Å². The first-order valence-corrected chi connectivity index (χ1v) is 6.28. The van der Waals surface area contributed by atoms with Crippen molar-refractivity contribution < 1.29 is 23.8 Å². The van der Waals surface area contributed by atoms with E-state index in [-0.39, 0.29) is 0 Å². The topological polar surface area (TPSA) is 75.6 Å². The van der Waals surface area contributed by atoms with Crippen molar-refractivity contribution in [2.24, 2.45) is 5.41 Å². The molecule has 108 valence electrons. The van der Waals surface area contributed by atoms with Crippen LogP contribution < -0.4 is 10.1 Å². The molecule has 2 N–H and O–H groups in total. The zero-order valence-electron chi connectivity index (χ0n) is 11.3. The Morgan fingerprint density at radius 2 is 2.10 bits per heavy atom. The summed E-state index contributed by atoms with van der Waals surface area (Å²) in [6.07, 6.45) is 0.669. The molecule has 0 aromatic heterocycles. The van der Waals surface area contributed by atoms with Gasteiger partial charge < -0.3 is 15.2 Å². The van der Waals surface area contributed by atoms with Crippen molar-refractivity contribution >= 4 is 11.9 Å². The minimum absolute atomic E-state index is 0.334. The van der Waals surface area contributed by atoms with E-state index in [2.05, 4.69) is 5.32 Å². The molecule has 1 saturated carbocycles. The lowest BCUT2D eigenvalue weighted by Crippen LogP contribution is -2.38. The standard InChI is InChI=1S/C14H16FNO4/c1-8(10-7-9(15)3-4-11(10)20-2)16-12(17)14(5-6-14)13(18)19/h3-4,7-8H,5-6H2,1-2H3,(H,16,17)(H,18,19)/t8-/m1/s1. The van der Waals surface area contributed by atoms with Gasteiger partial charge in [-0.1, -0.05) is 0 Å². The largest absolute Gasteiger partial charge is 0.496 e. The number of hydrogen-bond acceptors (Lipinski definition) is 3. The molecule has 0 unspecified atom stereocenters. The van der Waals surface area contributed by atoms with E-state index in [0.29, 0.717) is 24.2 Å². The van der Waals surface area contributed by atoms with Crippen LogP contribution in [0.3, 0.4) is 0 Å². The molecule has 0 bridgehead atoms. The average Bonchev–Trinajstić information content (AvgIpc) is 3.20. The molecule has 0 spiro atoms. The van der Waals surface area contributed by atoms with Gasteiger partial charge in [0.15, 0.2) is 0 Å². The molecule has 1 aromatic rings. The van der Waals surface area contributed by atoms with Crippen LogP contribution in [0.25, 0.3) is 0 Å². The summed E-state index contributed by atoms with van der Waals surface area (Å²) < 4.78 is 18.4. The molecule has 2 rings (SSSR count). The Balaban J connectivity index is 2.16. The molecule has 0 heterocycles. The molecule has 1 amide bonds. The summed E-state index contributed by atoms with van der Waals surface area (Å²) >= 11 is 0. The van der Waals surface area contributed by atoms with E-state index in [1.807, 2.05) is 0 Å². The van der Waals surface area contributed by atoms with E-state index in [9.17, 15) is 14.0 Å². The first kappa shape index (κ1) is 14.3. The molecule has 5 nitrogen and oxygen atoms in total. The maximum absolute atomic E-state index is 13.3. The number of carboxylic acids is 1. The Morgan fingerprint density at radius 3 is 2.60 bits per heavy atom. The number of carbonyl (C=O) groups excluding carboxylic acids is 1. The number of methoxy groups -OCH3 is 1. The van der Waals surface area contributed by atoms with Crippen LogP contribution in [0.15, 0.2) is 18.2 Å². The van der Waals surface area contributed by atoms with Gasteiger partial charge in [-0.2, -0.15) is 0 Å². The number of carbonyl (C=O) groups is 2. The van der Waals surface area contributed by atoms with E-state index in [1.165, 1.54) is 25.3 Å². The second kappa shape index (κ2) is 5.11. The zero-order chi connectivity index (χ0) is 14.9. The summed E-state index contributed by atoms with van der Waals surface area (Å²) in [5, 5.41) is 11.7. The Labute approximate surface area is 115 Å².